The molecule has 0 saturated heterocycles. The number of pyridine rings is 1. The molecule has 4 aromatic rings. The third-order valence-corrected chi connectivity index (χ3v) is 6.58. The number of H-pyrrole nitrogens is 1. The van der Waals surface area contributed by atoms with Crippen LogP contribution in [0.2, 0.25) is 0 Å². The summed E-state index contributed by atoms with van der Waals surface area (Å²) in [6.07, 6.45) is 4.09. The van der Waals surface area contributed by atoms with Crippen LogP contribution in [0.5, 0.6) is 5.75 Å². The summed E-state index contributed by atoms with van der Waals surface area (Å²) in [5.41, 5.74) is 11.5. The second-order valence-corrected chi connectivity index (χ2v) is 9.21. The van der Waals surface area contributed by atoms with Crippen LogP contribution in [0, 0.1) is 0 Å². The highest BCUT2D eigenvalue weighted by molar-refractivity contribution is 6.07. The van der Waals surface area contributed by atoms with Crippen molar-refractivity contribution in [2.24, 2.45) is 5.73 Å². The molecule has 2 aromatic carbocycles. The van der Waals surface area contributed by atoms with Gasteiger partial charge in [-0.25, -0.2) is 4.98 Å². The molecule has 1 atom stereocenters. The van der Waals surface area contributed by atoms with Crippen molar-refractivity contribution in [1.29, 1.82) is 0 Å². The van der Waals surface area contributed by atoms with Crippen LogP contribution in [0.1, 0.15) is 45.7 Å². The Balaban J connectivity index is 1.44. The van der Waals surface area contributed by atoms with Crippen LogP contribution in [0.15, 0.2) is 54.6 Å². The normalized spacial score (nSPS) is 12.6. The van der Waals surface area contributed by atoms with Gasteiger partial charge in [0.05, 0.1) is 6.61 Å². The van der Waals surface area contributed by atoms with Crippen LogP contribution in [0.3, 0.4) is 0 Å². The van der Waals surface area contributed by atoms with E-state index in [0.29, 0.717) is 0 Å². The Kier molecular flexibility index (Phi) is 8.20. The van der Waals surface area contributed by atoms with E-state index in [9.17, 15) is 0 Å². The number of aromatic nitrogens is 2. The van der Waals surface area contributed by atoms with E-state index < -0.39 is 0 Å². The van der Waals surface area contributed by atoms with E-state index >= 15 is 0 Å². The van der Waals surface area contributed by atoms with Crippen molar-refractivity contribution < 1.29 is 4.74 Å². The lowest BCUT2D eigenvalue weighted by atomic mass is 10.0. The van der Waals surface area contributed by atoms with Gasteiger partial charge in [0, 0.05) is 34.6 Å². The summed E-state index contributed by atoms with van der Waals surface area (Å²) in [6, 6.07) is 19.6. The minimum absolute atomic E-state index is 0.244. The Hall–Kier alpha value is -2.89. The monoisotopic (exact) mass is 458 g/mol. The van der Waals surface area contributed by atoms with Crippen molar-refractivity contribution in [2.45, 2.75) is 52.5 Å². The first-order valence-electron chi connectivity index (χ1n) is 12.7. The molecule has 5 heteroatoms. The summed E-state index contributed by atoms with van der Waals surface area (Å²) in [6.45, 7) is 10.5. The molecule has 2 heterocycles. The van der Waals surface area contributed by atoms with Crippen molar-refractivity contribution >= 4 is 21.9 Å². The maximum Gasteiger partial charge on any atom is 0.138 e. The molecule has 0 fully saturated rings. The van der Waals surface area contributed by atoms with E-state index in [1.54, 1.807) is 0 Å². The van der Waals surface area contributed by atoms with Crippen LogP contribution in [-0.4, -0.2) is 47.2 Å². The average Bonchev–Trinajstić information content (AvgIpc) is 3.21. The van der Waals surface area contributed by atoms with Gasteiger partial charge in [0.25, 0.3) is 0 Å². The minimum atomic E-state index is 0.244. The number of aromatic amines is 1. The van der Waals surface area contributed by atoms with Gasteiger partial charge in [-0.15, -0.1) is 0 Å². The Morgan fingerprint density at radius 1 is 0.941 bits per heavy atom. The molecule has 0 spiro atoms. The van der Waals surface area contributed by atoms with Crippen molar-refractivity contribution in [3.8, 4) is 16.9 Å². The molecule has 0 amide bonds. The third kappa shape index (κ3) is 5.96. The standard InChI is InChI=1S/C29H38N4O/c1-4-33(5-2)18-7-19-34-25-14-10-22(11-15-25)23-12-17-28-27(20-23)26-16-13-24(31-29(26)32-28)9-6-8-21(3)30/h10-17,20-21H,4-9,18-19,30H2,1-3H3,(H,31,32). The Morgan fingerprint density at radius 3 is 2.44 bits per heavy atom. The maximum absolute atomic E-state index is 5.96. The van der Waals surface area contributed by atoms with Crippen molar-refractivity contribution in [2.75, 3.05) is 26.2 Å². The molecule has 180 valence electrons. The van der Waals surface area contributed by atoms with E-state index in [2.05, 4.69) is 85.3 Å². The van der Waals surface area contributed by atoms with Gasteiger partial charge in [0.1, 0.15) is 11.4 Å². The van der Waals surface area contributed by atoms with Gasteiger partial charge in [-0.3, -0.25) is 0 Å². The molecule has 0 bridgehead atoms. The molecule has 4 rings (SSSR count). The SMILES string of the molecule is CCN(CC)CCCOc1ccc(-c2ccc3[nH]c4nc(CCCC(C)N)ccc4c3c2)cc1. The van der Waals surface area contributed by atoms with Gasteiger partial charge in [0.2, 0.25) is 0 Å². The largest absolute Gasteiger partial charge is 0.494 e. The summed E-state index contributed by atoms with van der Waals surface area (Å²) in [5.74, 6) is 0.928. The quantitative estimate of drug-likeness (QED) is 0.249. The number of benzene rings is 2. The molecule has 3 N–H and O–H groups in total. The van der Waals surface area contributed by atoms with Crippen molar-refractivity contribution in [3.05, 3.63) is 60.3 Å². The number of fused-ring (bicyclic) bond motifs is 3. The topological polar surface area (TPSA) is 67.2 Å². The Bertz CT molecular complexity index is 1190. The van der Waals surface area contributed by atoms with Gasteiger partial charge >= 0.3 is 0 Å². The molecule has 34 heavy (non-hydrogen) atoms. The zero-order chi connectivity index (χ0) is 23.9. The van der Waals surface area contributed by atoms with E-state index in [1.165, 1.54) is 21.9 Å². The first-order chi connectivity index (χ1) is 16.6. The highest BCUT2D eigenvalue weighted by atomic mass is 16.5. The van der Waals surface area contributed by atoms with Gasteiger partial charge in [-0.2, -0.15) is 0 Å². The number of aryl methyl sites for hydroxylation is 1. The lowest BCUT2D eigenvalue weighted by Gasteiger charge is -2.17. The van der Waals surface area contributed by atoms with E-state index in [4.69, 9.17) is 15.5 Å². The highest BCUT2D eigenvalue weighted by Gasteiger charge is 2.09. The molecule has 0 radical (unpaired) electrons. The zero-order valence-electron chi connectivity index (χ0n) is 20.8. The van der Waals surface area contributed by atoms with Crippen LogP contribution >= 0.6 is 0 Å². The number of hydrogen-bond acceptors (Lipinski definition) is 4. The minimum Gasteiger partial charge on any atom is -0.494 e. The third-order valence-electron chi connectivity index (χ3n) is 6.58. The molecule has 0 aliphatic carbocycles. The van der Waals surface area contributed by atoms with Crippen LogP contribution in [0.25, 0.3) is 33.1 Å². The number of hydrogen-bond donors (Lipinski definition) is 2. The van der Waals surface area contributed by atoms with E-state index in [0.717, 1.165) is 74.5 Å². The number of nitrogens with two attached hydrogens (primary N) is 1. The molecule has 2 aromatic heterocycles. The average molecular weight is 459 g/mol. The van der Waals surface area contributed by atoms with Crippen LogP contribution in [0.4, 0.5) is 0 Å². The molecule has 5 nitrogen and oxygen atoms in total. The predicted octanol–water partition coefficient (Wildman–Crippen LogP) is 6.16. The zero-order valence-corrected chi connectivity index (χ0v) is 20.8. The smallest absolute Gasteiger partial charge is 0.138 e. The summed E-state index contributed by atoms with van der Waals surface area (Å²) < 4.78 is 5.96. The van der Waals surface area contributed by atoms with Gasteiger partial charge in [-0.1, -0.05) is 32.0 Å². The first kappa shape index (κ1) is 24.2. The summed E-state index contributed by atoms with van der Waals surface area (Å²) in [7, 11) is 0. The van der Waals surface area contributed by atoms with Crippen molar-refractivity contribution in [1.82, 2.24) is 14.9 Å². The second kappa shape index (κ2) is 11.5. The fourth-order valence-electron chi connectivity index (χ4n) is 4.50. The molecular weight excluding hydrogens is 420 g/mol. The molecule has 1 unspecified atom stereocenters. The Labute approximate surface area is 203 Å². The number of nitrogens with one attached hydrogen (secondary N) is 1. The Morgan fingerprint density at radius 2 is 1.71 bits per heavy atom. The fraction of sp³-hybridized carbons (Fsp3) is 0.414. The molecule has 0 aliphatic heterocycles. The van der Waals surface area contributed by atoms with Crippen LogP contribution < -0.4 is 10.5 Å². The first-order valence-corrected chi connectivity index (χ1v) is 12.7. The van der Waals surface area contributed by atoms with Crippen molar-refractivity contribution in [3.63, 3.8) is 0 Å². The van der Waals surface area contributed by atoms with Gasteiger partial charge < -0.3 is 20.4 Å². The molecular formula is C29H38N4O. The van der Waals surface area contributed by atoms with E-state index in [-0.39, 0.29) is 6.04 Å². The second-order valence-electron chi connectivity index (χ2n) is 9.21. The summed E-state index contributed by atoms with van der Waals surface area (Å²) >= 11 is 0. The maximum atomic E-state index is 5.96. The summed E-state index contributed by atoms with van der Waals surface area (Å²) in [5, 5.41) is 2.37. The number of rotatable bonds is 12. The molecule has 0 saturated carbocycles. The van der Waals surface area contributed by atoms with Crippen LogP contribution in [-0.2, 0) is 6.42 Å². The number of nitrogens with zero attached hydrogens (tertiary/aromatic N) is 2. The lowest BCUT2D eigenvalue weighted by Crippen LogP contribution is -2.25. The predicted molar refractivity (Wildman–Crippen MR) is 144 cm³/mol. The van der Waals surface area contributed by atoms with E-state index in [1.807, 2.05) is 0 Å². The number of ether oxygens (including phenoxy) is 1. The fourth-order valence-corrected chi connectivity index (χ4v) is 4.50. The van der Waals surface area contributed by atoms with Gasteiger partial charge in [0.15, 0.2) is 0 Å². The lowest BCUT2D eigenvalue weighted by molar-refractivity contribution is 0.249. The molecule has 0 aliphatic rings. The van der Waals surface area contributed by atoms with Gasteiger partial charge in [-0.05, 0) is 93.2 Å². The highest BCUT2D eigenvalue weighted by Crippen LogP contribution is 2.30. The summed E-state index contributed by atoms with van der Waals surface area (Å²) in [4.78, 5) is 10.8.